The quantitative estimate of drug-likeness (QED) is 0.581. The molecule has 3 unspecified atom stereocenters. The molecule has 4 rings (SSSR count). The number of aliphatic imine (C=N–C) groups is 1. The molecule has 2 aliphatic heterocycles. The summed E-state index contributed by atoms with van der Waals surface area (Å²) >= 11 is 6.20. The highest BCUT2D eigenvalue weighted by atomic mass is 35.5. The van der Waals surface area contributed by atoms with E-state index in [2.05, 4.69) is 20.5 Å². The molecule has 5 nitrogen and oxygen atoms in total. The Bertz CT molecular complexity index is 681. The van der Waals surface area contributed by atoms with Gasteiger partial charge in [-0.2, -0.15) is 0 Å². The predicted octanol–water partition coefficient (Wildman–Crippen LogP) is 3.00. The molecule has 0 bridgehead atoms. The molecule has 154 valence electrons. The van der Waals surface area contributed by atoms with Crippen molar-refractivity contribution in [1.29, 1.82) is 0 Å². The van der Waals surface area contributed by atoms with Gasteiger partial charge < -0.3 is 20.3 Å². The number of likely N-dealkylation sites (tertiary alicyclic amines) is 1. The Labute approximate surface area is 171 Å². The molecule has 3 aliphatic rings. The molecular weight excluding hydrogens is 379 g/mol. The van der Waals surface area contributed by atoms with Crippen LogP contribution in [0.15, 0.2) is 23.2 Å². The zero-order valence-electron chi connectivity index (χ0n) is 16.5. The lowest BCUT2D eigenvalue weighted by Gasteiger charge is -2.34. The monoisotopic (exact) mass is 408 g/mol. The zero-order chi connectivity index (χ0) is 19.5. The standard InChI is InChI=1S/C21H30ClFN4O/c1-24-21(26-19-11-16(19)20-17(22)3-2-4-18(20)23)25-15-5-8-27(9-6-15)12-14-7-10-28-13-14/h2-4,14-16,19H,5-13H2,1H3,(H2,24,25,26). The van der Waals surface area contributed by atoms with Crippen LogP contribution in [-0.4, -0.2) is 62.8 Å². The SMILES string of the molecule is CN=C(NC1CCN(CC2CCOC2)CC1)NC1CC1c1c(F)cccc1Cl. The molecule has 3 fully saturated rings. The number of rotatable bonds is 5. The van der Waals surface area contributed by atoms with E-state index in [0.29, 0.717) is 22.5 Å². The van der Waals surface area contributed by atoms with Crippen molar-refractivity contribution in [1.82, 2.24) is 15.5 Å². The summed E-state index contributed by atoms with van der Waals surface area (Å²) in [7, 11) is 1.79. The third kappa shape index (κ3) is 4.78. The first-order valence-corrected chi connectivity index (χ1v) is 10.8. The molecule has 0 amide bonds. The van der Waals surface area contributed by atoms with Crippen LogP contribution >= 0.6 is 11.6 Å². The Morgan fingerprint density at radius 3 is 2.79 bits per heavy atom. The number of nitrogens with zero attached hydrogens (tertiary/aromatic N) is 2. The van der Waals surface area contributed by atoms with E-state index in [0.717, 1.165) is 58.1 Å². The molecule has 2 saturated heterocycles. The number of ether oxygens (including phenoxy) is 1. The van der Waals surface area contributed by atoms with Crippen LogP contribution in [0.5, 0.6) is 0 Å². The summed E-state index contributed by atoms with van der Waals surface area (Å²) in [5.41, 5.74) is 0.626. The maximum atomic E-state index is 14.1. The number of hydrogen-bond donors (Lipinski definition) is 2. The Morgan fingerprint density at radius 1 is 1.29 bits per heavy atom. The summed E-state index contributed by atoms with van der Waals surface area (Å²) in [4.78, 5) is 6.94. The fourth-order valence-electron chi connectivity index (χ4n) is 4.43. The normalized spacial score (nSPS) is 29.1. The number of piperidine rings is 1. The maximum absolute atomic E-state index is 14.1. The Hall–Kier alpha value is -1.37. The van der Waals surface area contributed by atoms with Gasteiger partial charge in [0.05, 0.1) is 6.61 Å². The van der Waals surface area contributed by atoms with Gasteiger partial charge >= 0.3 is 0 Å². The van der Waals surface area contributed by atoms with Crippen LogP contribution in [0.25, 0.3) is 0 Å². The molecule has 2 heterocycles. The van der Waals surface area contributed by atoms with Gasteiger partial charge in [-0.3, -0.25) is 4.99 Å². The Kier molecular flexibility index (Phi) is 6.38. The first-order chi connectivity index (χ1) is 13.6. The molecular formula is C21H30ClFN4O. The molecule has 1 saturated carbocycles. The fraction of sp³-hybridized carbons (Fsp3) is 0.667. The number of guanidine groups is 1. The molecule has 1 aromatic carbocycles. The van der Waals surface area contributed by atoms with Crippen molar-refractivity contribution in [2.75, 3.05) is 39.9 Å². The van der Waals surface area contributed by atoms with Crippen molar-refractivity contribution in [3.63, 3.8) is 0 Å². The van der Waals surface area contributed by atoms with Gasteiger partial charge in [0, 0.05) is 61.9 Å². The van der Waals surface area contributed by atoms with Gasteiger partial charge in [0.1, 0.15) is 5.82 Å². The van der Waals surface area contributed by atoms with Crippen molar-refractivity contribution < 1.29 is 9.13 Å². The average Bonchev–Trinajstić information content (AvgIpc) is 3.22. The molecule has 1 aliphatic carbocycles. The first kappa shape index (κ1) is 19.9. The number of benzene rings is 1. The van der Waals surface area contributed by atoms with Gasteiger partial charge in [-0.05, 0) is 43.7 Å². The van der Waals surface area contributed by atoms with Crippen LogP contribution in [0, 0.1) is 11.7 Å². The highest BCUT2D eigenvalue weighted by Crippen LogP contribution is 2.44. The van der Waals surface area contributed by atoms with E-state index in [9.17, 15) is 4.39 Å². The predicted molar refractivity (Wildman–Crippen MR) is 111 cm³/mol. The van der Waals surface area contributed by atoms with Crippen LogP contribution in [0.3, 0.4) is 0 Å². The number of halogens is 2. The molecule has 0 radical (unpaired) electrons. The smallest absolute Gasteiger partial charge is 0.191 e. The van der Waals surface area contributed by atoms with Crippen molar-refractivity contribution in [2.45, 2.75) is 43.7 Å². The summed E-state index contributed by atoms with van der Waals surface area (Å²) in [5, 5.41) is 7.51. The molecule has 0 spiro atoms. The third-order valence-corrected chi connectivity index (χ3v) is 6.51. The van der Waals surface area contributed by atoms with Gasteiger partial charge in [-0.25, -0.2) is 4.39 Å². The van der Waals surface area contributed by atoms with E-state index in [1.165, 1.54) is 12.5 Å². The second-order valence-corrected chi connectivity index (χ2v) is 8.66. The van der Waals surface area contributed by atoms with Crippen LogP contribution < -0.4 is 10.6 Å². The summed E-state index contributed by atoms with van der Waals surface area (Å²) in [6, 6.07) is 5.50. The summed E-state index contributed by atoms with van der Waals surface area (Å²) in [6.45, 7) is 5.23. The molecule has 1 aromatic rings. The maximum Gasteiger partial charge on any atom is 0.191 e. The lowest BCUT2D eigenvalue weighted by Crippen LogP contribution is -2.49. The van der Waals surface area contributed by atoms with Gasteiger partial charge in [-0.15, -0.1) is 0 Å². The largest absolute Gasteiger partial charge is 0.381 e. The van der Waals surface area contributed by atoms with E-state index >= 15 is 0 Å². The fourth-order valence-corrected chi connectivity index (χ4v) is 4.73. The first-order valence-electron chi connectivity index (χ1n) is 10.4. The van der Waals surface area contributed by atoms with E-state index in [1.807, 2.05) is 0 Å². The van der Waals surface area contributed by atoms with Crippen LogP contribution in [-0.2, 0) is 4.74 Å². The van der Waals surface area contributed by atoms with Crippen molar-refractivity contribution in [2.24, 2.45) is 10.9 Å². The van der Waals surface area contributed by atoms with Gasteiger partial charge in [0.2, 0.25) is 0 Å². The second kappa shape index (κ2) is 8.97. The van der Waals surface area contributed by atoms with Gasteiger partial charge in [-0.1, -0.05) is 17.7 Å². The minimum Gasteiger partial charge on any atom is -0.381 e. The van der Waals surface area contributed by atoms with E-state index in [-0.39, 0.29) is 17.8 Å². The second-order valence-electron chi connectivity index (χ2n) is 8.25. The van der Waals surface area contributed by atoms with Crippen LogP contribution in [0.4, 0.5) is 4.39 Å². The Morgan fingerprint density at radius 2 is 2.11 bits per heavy atom. The third-order valence-electron chi connectivity index (χ3n) is 6.18. The van der Waals surface area contributed by atoms with Crippen LogP contribution in [0.1, 0.15) is 37.2 Å². The van der Waals surface area contributed by atoms with Crippen molar-refractivity contribution >= 4 is 17.6 Å². The average molecular weight is 409 g/mol. The van der Waals surface area contributed by atoms with E-state index < -0.39 is 0 Å². The van der Waals surface area contributed by atoms with Crippen molar-refractivity contribution in [3.05, 3.63) is 34.6 Å². The van der Waals surface area contributed by atoms with Gasteiger partial charge in [0.25, 0.3) is 0 Å². The summed E-state index contributed by atoms with van der Waals surface area (Å²) in [5.74, 6) is 1.41. The molecule has 3 atom stereocenters. The lowest BCUT2D eigenvalue weighted by atomic mass is 10.0. The minimum absolute atomic E-state index is 0.114. The summed E-state index contributed by atoms with van der Waals surface area (Å²) < 4.78 is 19.6. The summed E-state index contributed by atoms with van der Waals surface area (Å²) in [6.07, 6.45) is 4.30. The highest BCUT2D eigenvalue weighted by molar-refractivity contribution is 6.31. The van der Waals surface area contributed by atoms with E-state index in [1.54, 1.807) is 19.2 Å². The lowest BCUT2D eigenvalue weighted by molar-refractivity contribution is 0.150. The minimum atomic E-state index is -0.218. The Balaban J connectivity index is 1.23. The molecule has 28 heavy (non-hydrogen) atoms. The highest BCUT2D eigenvalue weighted by Gasteiger charge is 2.42. The topological polar surface area (TPSA) is 48.9 Å². The van der Waals surface area contributed by atoms with E-state index in [4.69, 9.17) is 16.3 Å². The zero-order valence-corrected chi connectivity index (χ0v) is 17.2. The molecule has 2 N–H and O–H groups in total. The van der Waals surface area contributed by atoms with Gasteiger partial charge in [0.15, 0.2) is 5.96 Å². The molecule has 7 heteroatoms. The van der Waals surface area contributed by atoms with Crippen LogP contribution in [0.2, 0.25) is 5.02 Å². The molecule has 0 aromatic heterocycles. The number of hydrogen-bond acceptors (Lipinski definition) is 3. The van der Waals surface area contributed by atoms with Crippen molar-refractivity contribution in [3.8, 4) is 0 Å². The number of nitrogens with one attached hydrogen (secondary N) is 2.